The Hall–Kier alpha value is -1.34. The zero-order chi connectivity index (χ0) is 14.7. The van der Waals surface area contributed by atoms with Crippen molar-refractivity contribution in [1.29, 1.82) is 0 Å². The summed E-state index contributed by atoms with van der Waals surface area (Å²) < 4.78 is 30.3. The third-order valence-corrected chi connectivity index (χ3v) is 3.33. The molecule has 1 rings (SSSR count). The summed E-state index contributed by atoms with van der Waals surface area (Å²) in [7, 11) is -1.68. The van der Waals surface area contributed by atoms with Crippen LogP contribution in [0.25, 0.3) is 0 Å². The van der Waals surface area contributed by atoms with Crippen LogP contribution in [0.1, 0.15) is 19.5 Å². The van der Waals surface area contributed by atoms with Crippen LogP contribution in [-0.4, -0.2) is 38.9 Å². The van der Waals surface area contributed by atoms with Gasteiger partial charge in [-0.2, -0.15) is 0 Å². The standard InChI is InChI=1S/C12H21N3O3S/c1-9-6-10(11(18-4)7-13-9)14-8-12(2,3)15-19(5,16)17/h6-7,15H,8H2,1-5H3,(H,13,14). The maximum Gasteiger partial charge on any atom is 0.209 e. The minimum Gasteiger partial charge on any atom is -0.493 e. The first-order chi connectivity index (χ1) is 8.63. The van der Waals surface area contributed by atoms with Gasteiger partial charge in [0, 0.05) is 17.8 Å². The van der Waals surface area contributed by atoms with Gasteiger partial charge in [0.1, 0.15) is 0 Å². The summed E-state index contributed by atoms with van der Waals surface area (Å²) in [5.41, 5.74) is 1.05. The molecule has 0 spiro atoms. The average Bonchev–Trinajstić information content (AvgIpc) is 2.23. The fourth-order valence-electron chi connectivity index (χ4n) is 1.70. The first kappa shape index (κ1) is 15.7. The van der Waals surface area contributed by atoms with Crippen molar-refractivity contribution in [2.45, 2.75) is 26.3 Å². The van der Waals surface area contributed by atoms with Crippen LogP contribution in [0.2, 0.25) is 0 Å². The molecule has 108 valence electrons. The highest BCUT2D eigenvalue weighted by molar-refractivity contribution is 7.88. The number of nitrogens with zero attached hydrogens (tertiary/aromatic N) is 1. The number of methoxy groups -OCH3 is 1. The van der Waals surface area contributed by atoms with Crippen molar-refractivity contribution in [1.82, 2.24) is 9.71 Å². The quantitative estimate of drug-likeness (QED) is 0.820. The van der Waals surface area contributed by atoms with Crippen molar-refractivity contribution in [3.05, 3.63) is 18.0 Å². The first-order valence-corrected chi connectivity index (χ1v) is 7.75. The molecule has 1 aromatic rings. The molecule has 0 bridgehead atoms. The maximum atomic E-state index is 11.3. The zero-order valence-electron chi connectivity index (χ0n) is 11.9. The smallest absolute Gasteiger partial charge is 0.209 e. The van der Waals surface area contributed by atoms with Crippen LogP contribution < -0.4 is 14.8 Å². The van der Waals surface area contributed by atoms with Crippen LogP contribution >= 0.6 is 0 Å². The Kier molecular flexibility index (Phi) is 4.75. The third kappa shape index (κ3) is 5.44. The average molecular weight is 287 g/mol. The van der Waals surface area contributed by atoms with Crippen molar-refractivity contribution in [3.8, 4) is 5.75 Å². The van der Waals surface area contributed by atoms with Crippen molar-refractivity contribution in [2.75, 3.05) is 25.2 Å². The summed E-state index contributed by atoms with van der Waals surface area (Å²) in [6.45, 7) is 5.92. The lowest BCUT2D eigenvalue weighted by atomic mass is 10.1. The van der Waals surface area contributed by atoms with Gasteiger partial charge in [0.15, 0.2) is 5.75 Å². The highest BCUT2D eigenvalue weighted by Gasteiger charge is 2.22. The molecule has 0 aromatic carbocycles. The Labute approximate surface area is 114 Å². The maximum absolute atomic E-state index is 11.3. The van der Waals surface area contributed by atoms with Gasteiger partial charge >= 0.3 is 0 Å². The molecule has 19 heavy (non-hydrogen) atoms. The van der Waals surface area contributed by atoms with E-state index in [-0.39, 0.29) is 0 Å². The van der Waals surface area contributed by atoms with Gasteiger partial charge in [-0.05, 0) is 26.8 Å². The minimum atomic E-state index is -3.24. The second-order valence-corrected chi connectivity index (χ2v) is 6.89. The molecule has 2 N–H and O–H groups in total. The fourth-order valence-corrected chi connectivity index (χ4v) is 2.78. The number of hydrogen-bond donors (Lipinski definition) is 2. The topological polar surface area (TPSA) is 80.3 Å². The number of aryl methyl sites for hydroxylation is 1. The van der Waals surface area contributed by atoms with Crippen LogP contribution in [-0.2, 0) is 10.0 Å². The molecule has 0 aliphatic rings. The molecule has 6 nitrogen and oxygen atoms in total. The number of rotatable bonds is 6. The van der Waals surface area contributed by atoms with E-state index in [0.29, 0.717) is 12.3 Å². The second kappa shape index (κ2) is 5.75. The normalized spacial score (nSPS) is 12.3. The number of anilines is 1. The molecule has 0 atom stereocenters. The monoisotopic (exact) mass is 287 g/mol. The summed E-state index contributed by atoms with van der Waals surface area (Å²) in [5.74, 6) is 0.626. The van der Waals surface area contributed by atoms with E-state index in [4.69, 9.17) is 4.74 Å². The molecular weight excluding hydrogens is 266 g/mol. The van der Waals surface area contributed by atoms with Gasteiger partial charge in [0.05, 0.1) is 25.2 Å². The zero-order valence-corrected chi connectivity index (χ0v) is 12.8. The third-order valence-electron chi connectivity index (χ3n) is 2.41. The van der Waals surface area contributed by atoms with E-state index in [1.165, 1.54) is 0 Å². The van der Waals surface area contributed by atoms with E-state index in [9.17, 15) is 8.42 Å². The van der Waals surface area contributed by atoms with E-state index < -0.39 is 15.6 Å². The number of pyridine rings is 1. The number of nitrogens with one attached hydrogen (secondary N) is 2. The lowest BCUT2D eigenvalue weighted by Crippen LogP contribution is -2.47. The summed E-state index contributed by atoms with van der Waals surface area (Å²) in [5, 5.41) is 3.18. The van der Waals surface area contributed by atoms with Gasteiger partial charge in [-0.1, -0.05) is 0 Å². The Morgan fingerprint density at radius 2 is 2.05 bits per heavy atom. The van der Waals surface area contributed by atoms with Gasteiger partial charge in [-0.15, -0.1) is 0 Å². The predicted octanol–water partition coefficient (Wildman–Crippen LogP) is 1.14. The molecular formula is C12H21N3O3S. The van der Waals surface area contributed by atoms with Gasteiger partial charge in [0.25, 0.3) is 0 Å². The van der Waals surface area contributed by atoms with E-state index in [1.807, 2.05) is 26.8 Å². The molecule has 0 unspecified atom stereocenters. The Morgan fingerprint density at radius 3 is 2.58 bits per heavy atom. The lowest BCUT2D eigenvalue weighted by molar-refractivity contribution is 0.413. The van der Waals surface area contributed by atoms with E-state index in [0.717, 1.165) is 17.6 Å². The predicted molar refractivity (Wildman–Crippen MR) is 76.1 cm³/mol. The van der Waals surface area contributed by atoms with E-state index in [1.54, 1.807) is 13.3 Å². The molecule has 1 heterocycles. The summed E-state index contributed by atoms with van der Waals surface area (Å²) in [4.78, 5) is 4.14. The van der Waals surface area contributed by atoms with Gasteiger partial charge in [-0.3, -0.25) is 4.98 Å². The second-order valence-electron chi connectivity index (χ2n) is 5.14. The van der Waals surface area contributed by atoms with Crippen molar-refractivity contribution >= 4 is 15.7 Å². The molecule has 0 aliphatic heterocycles. The molecule has 0 aliphatic carbocycles. The van der Waals surface area contributed by atoms with Gasteiger partial charge < -0.3 is 10.1 Å². The largest absolute Gasteiger partial charge is 0.493 e. The van der Waals surface area contributed by atoms with Crippen LogP contribution in [0.3, 0.4) is 0 Å². The van der Waals surface area contributed by atoms with Gasteiger partial charge in [0.2, 0.25) is 10.0 Å². The molecule has 7 heteroatoms. The van der Waals surface area contributed by atoms with Crippen molar-refractivity contribution < 1.29 is 13.2 Å². The molecule has 0 fully saturated rings. The Morgan fingerprint density at radius 1 is 1.42 bits per heavy atom. The molecule has 0 radical (unpaired) electrons. The van der Waals surface area contributed by atoms with Crippen molar-refractivity contribution in [3.63, 3.8) is 0 Å². The fraction of sp³-hybridized carbons (Fsp3) is 0.583. The summed E-state index contributed by atoms with van der Waals surface area (Å²) in [6.07, 6.45) is 2.78. The Balaban J connectivity index is 2.78. The van der Waals surface area contributed by atoms with Crippen molar-refractivity contribution in [2.24, 2.45) is 0 Å². The summed E-state index contributed by atoms with van der Waals surface area (Å²) in [6, 6.07) is 1.86. The van der Waals surface area contributed by atoms with E-state index >= 15 is 0 Å². The molecule has 0 amide bonds. The first-order valence-electron chi connectivity index (χ1n) is 5.86. The van der Waals surface area contributed by atoms with Crippen LogP contribution in [0.5, 0.6) is 5.75 Å². The minimum absolute atomic E-state index is 0.430. The van der Waals surface area contributed by atoms with Crippen LogP contribution in [0.15, 0.2) is 12.3 Å². The highest BCUT2D eigenvalue weighted by atomic mass is 32.2. The highest BCUT2D eigenvalue weighted by Crippen LogP contribution is 2.24. The molecule has 0 saturated carbocycles. The van der Waals surface area contributed by atoms with E-state index in [2.05, 4.69) is 15.0 Å². The SMILES string of the molecule is COc1cnc(C)cc1NCC(C)(C)NS(C)(=O)=O. The molecule has 0 saturated heterocycles. The number of hydrogen-bond acceptors (Lipinski definition) is 5. The molecule has 1 aromatic heterocycles. The summed E-state index contributed by atoms with van der Waals surface area (Å²) >= 11 is 0. The number of ether oxygens (including phenoxy) is 1. The Bertz CT molecular complexity index is 541. The lowest BCUT2D eigenvalue weighted by Gasteiger charge is -2.26. The number of aromatic nitrogens is 1. The van der Waals surface area contributed by atoms with Crippen LogP contribution in [0.4, 0.5) is 5.69 Å². The van der Waals surface area contributed by atoms with Crippen LogP contribution in [0, 0.1) is 6.92 Å². The van der Waals surface area contributed by atoms with Gasteiger partial charge in [-0.25, -0.2) is 13.1 Å². The number of sulfonamides is 1.